The third-order valence-corrected chi connectivity index (χ3v) is 4.17. The van der Waals surface area contributed by atoms with Gasteiger partial charge in [0.2, 0.25) is 17.6 Å². The first-order chi connectivity index (χ1) is 12.7. The molecule has 2 heterocycles. The standard InChI is InChI=1S/C20H26N4O3/c1-12-10-15(18-21-14(3)26-23-18)11-13(2)17(12)25-9-7-8-16-22-19(24-27-16)20(4,5)6/h10-11H,7-9H2,1-6H3. The van der Waals surface area contributed by atoms with Gasteiger partial charge in [-0.15, -0.1) is 0 Å². The van der Waals surface area contributed by atoms with Gasteiger partial charge in [-0.2, -0.15) is 9.97 Å². The summed E-state index contributed by atoms with van der Waals surface area (Å²) < 4.78 is 16.4. The summed E-state index contributed by atoms with van der Waals surface area (Å²) in [5.74, 6) is 3.42. The van der Waals surface area contributed by atoms with Crippen LogP contribution in [-0.4, -0.2) is 26.9 Å². The Morgan fingerprint density at radius 1 is 0.963 bits per heavy atom. The van der Waals surface area contributed by atoms with E-state index in [1.165, 1.54) is 0 Å². The molecule has 7 nitrogen and oxygen atoms in total. The number of aromatic nitrogens is 4. The predicted octanol–water partition coefficient (Wildman–Crippen LogP) is 4.35. The van der Waals surface area contributed by atoms with Crippen molar-refractivity contribution in [3.63, 3.8) is 0 Å². The van der Waals surface area contributed by atoms with Crippen molar-refractivity contribution >= 4 is 0 Å². The fraction of sp³-hybridized carbons (Fsp3) is 0.500. The van der Waals surface area contributed by atoms with Crippen LogP contribution in [0.3, 0.4) is 0 Å². The van der Waals surface area contributed by atoms with Crippen LogP contribution < -0.4 is 4.74 Å². The van der Waals surface area contributed by atoms with Crippen molar-refractivity contribution in [3.05, 3.63) is 40.9 Å². The van der Waals surface area contributed by atoms with Crippen LogP contribution >= 0.6 is 0 Å². The molecule has 27 heavy (non-hydrogen) atoms. The van der Waals surface area contributed by atoms with Crippen LogP contribution in [0.25, 0.3) is 11.4 Å². The number of hydrogen-bond donors (Lipinski definition) is 0. The molecular weight excluding hydrogens is 344 g/mol. The fourth-order valence-electron chi connectivity index (χ4n) is 2.78. The molecule has 7 heteroatoms. The van der Waals surface area contributed by atoms with Gasteiger partial charge in [0.05, 0.1) is 6.61 Å². The molecule has 3 aromatic rings. The third kappa shape index (κ3) is 4.53. The minimum absolute atomic E-state index is 0.106. The van der Waals surface area contributed by atoms with Gasteiger partial charge in [0.15, 0.2) is 5.82 Å². The van der Waals surface area contributed by atoms with Crippen LogP contribution in [0.1, 0.15) is 55.9 Å². The van der Waals surface area contributed by atoms with Gasteiger partial charge in [-0.25, -0.2) is 0 Å². The molecule has 0 aliphatic carbocycles. The van der Waals surface area contributed by atoms with E-state index < -0.39 is 0 Å². The van der Waals surface area contributed by atoms with Crippen molar-refractivity contribution in [2.75, 3.05) is 6.61 Å². The molecule has 0 bridgehead atoms. The number of hydrogen-bond acceptors (Lipinski definition) is 7. The van der Waals surface area contributed by atoms with Crippen molar-refractivity contribution in [1.29, 1.82) is 0 Å². The maximum Gasteiger partial charge on any atom is 0.226 e. The second-order valence-electron chi connectivity index (χ2n) is 7.79. The maximum absolute atomic E-state index is 6.01. The largest absolute Gasteiger partial charge is 0.493 e. The first-order valence-corrected chi connectivity index (χ1v) is 9.12. The van der Waals surface area contributed by atoms with Crippen LogP contribution in [0.15, 0.2) is 21.2 Å². The van der Waals surface area contributed by atoms with Crippen LogP contribution in [0, 0.1) is 20.8 Å². The minimum Gasteiger partial charge on any atom is -0.493 e. The molecule has 0 saturated carbocycles. The molecule has 0 atom stereocenters. The molecule has 0 aliphatic rings. The van der Waals surface area contributed by atoms with Gasteiger partial charge in [0.25, 0.3) is 0 Å². The van der Waals surface area contributed by atoms with Crippen molar-refractivity contribution in [2.24, 2.45) is 0 Å². The molecule has 0 saturated heterocycles. The minimum atomic E-state index is -0.106. The Bertz CT molecular complexity index is 898. The van der Waals surface area contributed by atoms with E-state index >= 15 is 0 Å². The maximum atomic E-state index is 6.01. The van der Waals surface area contributed by atoms with E-state index in [2.05, 4.69) is 41.1 Å². The van der Waals surface area contributed by atoms with E-state index in [1.54, 1.807) is 6.92 Å². The Hall–Kier alpha value is -2.70. The van der Waals surface area contributed by atoms with E-state index in [1.807, 2.05) is 26.0 Å². The highest BCUT2D eigenvalue weighted by molar-refractivity contribution is 5.60. The monoisotopic (exact) mass is 370 g/mol. The van der Waals surface area contributed by atoms with E-state index in [9.17, 15) is 0 Å². The Labute approximate surface area is 159 Å². The molecule has 1 aromatic carbocycles. The molecule has 0 amide bonds. The highest BCUT2D eigenvalue weighted by atomic mass is 16.5. The van der Waals surface area contributed by atoms with E-state index in [4.69, 9.17) is 13.8 Å². The molecule has 0 N–H and O–H groups in total. The highest BCUT2D eigenvalue weighted by Gasteiger charge is 2.20. The quantitative estimate of drug-likeness (QED) is 0.596. The average molecular weight is 370 g/mol. The lowest BCUT2D eigenvalue weighted by molar-refractivity contribution is 0.294. The topological polar surface area (TPSA) is 87.1 Å². The second kappa shape index (κ2) is 7.50. The van der Waals surface area contributed by atoms with E-state index in [0.29, 0.717) is 30.6 Å². The summed E-state index contributed by atoms with van der Waals surface area (Å²) in [7, 11) is 0. The zero-order valence-electron chi connectivity index (χ0n) is 16.8. The van der Waals surface area contributed by atoms with E-state index in [-0.39, 0.29) is 5.41 Å². The summed E-state index contributed by atoms with van der Waals surface area (Å²) in [4.78, 5) is 8.73. The number of aryl methyl sites for hydroxylation is 4. The predicted molar refractivity (Wildman–Crippen MR) is 101 cm³/mol. The SMILES string of the molecule is Cc1nc(-c2cc(C)c(OCCCc3nc(C(C)(C)C)no3)c(C)c2)no1. The Balaban J connectivity index is 1.59. The van der Waals surface area contributed by atoms with Gasteiger partial charge in [0.1, 0.15) is 5.75 Å². The molecule has 3 rings (SSSR count). The number of rotatable bonds is 6. The van der Waals surface area contributed by atoms with Gasteiger partial charge in [-0.1, -0.05) is 31.1 Å². The van der Waals surface area contributed by atoms with Crippen molar-refractivity contribution in [3.8, 4) is 17.1 Å². The Morgan fingerprint density at radius 2 is 1.67 bits per heavy atom. The molecule has 0 aliphatic heterocycles. The van der Waals surface area contributed by atoms with Crippen molar-refractivity contribution in [2.45, 2.75) is 59.8 Å². The summed E-state index contributed by atoms with van der Waals surface area (Å²) in [5, 5.41) is 8.02. The summed E-state index contributed by atoms with van der Waals surface area (Å²) in [5.41, 5.74) is 2.90. The zero-order chi connectivity index (χ0) is 19.6. The Kier molecular flexibility index (Phi) is 5.30. The van der Waals surface area contributed by atoms with Crippen molar-refractivity contribution < 1.29 is 13.8 Å². The molecule has 2 aromatic heterocycles. The molecule has 0 radical (unpaired) electrons. The first-order valence-electron chi connectivity index (χ1n) is 9.12. The van der Waals surface area contributed by atoms with E-state index in [0.717, 1.165) is 34.7 Å². The van der Waals surface area contributed by atoms with Gasteiger partial charge >= 0.3 is 0 Å². The third-order valence-electron chi connectivity index (χ3n) is 4.17. The van der Waals surface area contributed by atoms with Crippen LogP contribution in [-0.2, 0) is 11.8 Å². The smallest absolute Gasteiger partial charge is 0.226 e. The summed E-state index contributed by atoms with van der Waals surface area (Å²) in [6.45, 7) is 12.6. The lowest BCUT2D eigenvalue weighted by Gasteiger charge is -2.13. The molecule has 144 valence electrons. The number of benzene rings is 1. The van der Waals surface area contributed by atoms with Crippen molar-refractivity contribution in [1.82, 2.24) is 20.3 Å². The average Bonchev–Trinajstić information content (AvgIpc) is 3.22. The van der Waals surface area contributed by atoms with Crippen LogP contribution in [0.5, 0.6) is 5.75 Å². The van der Waals surface area contributed by atoms with Crippen LogP contribution in [0.2, 0.25) is 0 Å². The number of nitrogens with zero attached hydrogens (tertiary/aromatic N) is 4. The summed E-state index contributed by atoms with van der Waals surface area (Å²) >= 11 is 0. The van der Waals surface area contributed by atoms with Gasteiger partial charge in [-0.3, -0.25) is 0 Å². The molecule has 0 fully saturated rings. The summed E-state index contributed by atoms with van der Waals surface area (Å²) in [6.07, 6.45) is 1.50. The molecule has 0 spiro atoms. The molecular formula is C20H26N4O3. The van der Waals surface area contributed by atoms with Crippen LogP contribution in [0.4, 0.5) is 0 Å². The highest BCUT2D eigenvalue weighted by Crippen LogP contribution is 2.29. The second-order valence-corrected chi connectivity index (χ2v) is 7.79. The number of ether oxygens (including phenoxy) is 1. The lowest BCUT2D eigenvalue weighted by Crippen LogP contribution is -2.13. The van der Waals surface area contributed by atoms with Gasteiger partial charge < -0.3 is 13.8 Å². The zero-order valence-corrected chi connectivity index (χ0v) is 16.8. The van der Waals surface area contributed by atoms with Gasteiger partial charge in [0, 0.05) is 24.3 Å². The Morgan fingerprint density at radius 3 is 2.22 bits per heavy atom. The first kappa shape index (κ1) is 19.1. The fourth-order valence-corrected chi connectivity index (χ4v) is 2.78. The normalized spacial score (nSPS) is 11.8. The lowest BCUT2D eigenvalue weighted by atomic mass is 9.96. The summed E-state index contributed by atoms with van der Waals surface area (Å²) in [6, 6.07) is 4.03. The molecule has 0 unspecified atom stereocenters. The van der Waals surface area contributed by atoms with Gasteiger partial charge in [-0.05, 0) is 43.5 Å².